The minimum atomic E-state index is -0.634. The van der Waals surface area contributed by atoms with E-state index in [4.69, 9.17) is 20.9 Å². The molecule has 2 aromatic carbocycles. The van der Waals surface area contributed by atoms with E-state index < -0.39 is 5.91 Å². The van der Waals surface area contributed by atoms with Crippen molar-refractivity contribution in [2.24, 2.45) is 5.73 Å². The number of aryl methyl sites for hydroxylation is 2. The monoisotopic (exact) mass is 566 g/mol. The predicted molar refractivity (Wildman–Crippen MR) is 160 cm³/mol. The third-order valence-corrected chi connectivity index (χ3v) is 7.55. The third-order valence-electron chi connectivity index (χ3n) is 6.30. The van der Waals surface area contributed by atoms with E-state index in [9.17, 15) is 9.59 Å². The quantitative estimate of drug-likeness (QED) is 0.204. The lowest BCUT2D eigenvalue weighted by atomic mass is 9.96. The van der Waals surface area contributed by atoms with Crippen LogP contribution >= 0.6 is 11.3 Å². The number of thiophene rings is 1. The summed E-state index contributed by atoms with van der Waals surface area (Å²) in [6.45, 7) is 7.33. The molecule has 0 aliphatic rings. The Balaban J connectivity index is 1.77. The van der Waals surface area contributed by atoms with E-state index in [0.717, 1.165) is 16.1 Å². The lowest BCUT2D eigenvalue weighted by molar-refractivity contribution is -0.111. The average molecular weight is 567 g/mol. The summed E-state index contributed by atoms with van der Waals surface area (Å²) in [4.78, 5) is 38.2. The maximum absolute atomic E-state index is 12.4. The summed E-state index contributed by atoms with van der Waals surface area (Å²) in [6.07, 6.45) is 4.18. The number of methoxy groups -OCH3 is 1. The van der Waals surface area contributed by atoms with Crippen molar-refractivity contribution < 1.29 is 19.1 Å². The number of benzene rings is 2. The van der Waals surface area contributed by atoms with Crippen LogP contribution in [0.15, 0.2) is 67.5 Å². The van der Waals surface area contributed by atoms with Crippen LogP contribution in [-0.4, -0.2) is 33.9 Å². The molecule has 2 amide bonds. The number of pyridine rings is 1. The summed E-state index contributed by atoms with van der Waals surface area (Å²) in [5.74, 6) is 0.0462. The Hall–Kier alpha value is -5.29. The second kappa shape index (κ2) is 11.1. The summed E-state index contributed by atoms with van der Waals surface area (Å²) >= 11 is 1.33. The first-order chi connectivity index (χ1) is 19.7. The van der Waals surface area contributed by atoms with Crippen LogP contribution in [-0.2, 0) is 4.79 Å². The van der Waals surface area contributed by atoms with Crippen LogP contribution in [0.5, 0.6) is 17.5 Å². The molecular formula is C30H26N6O4S. The van der Waals surface area contributed by atoms with Gasteiger partial charge in [0.25, 0.3) is 5.91 Å². The molecule has 0 saturated carbocycles. The van der Waals surface area contributed by atoms with Crippen molar-refractivity contribution in [1.82, 2.24) is 15.0 Å². The summed E-state index contributed by atoms with van der Waals surface area (Å²) in [5, 5.41) is 3.45. The van der Waals surface area contributed by atoms with Crippen LogP contribution in [0.25, 0.3) is 31.7 Å². The number of amides is 2. The third kappa shape index (κ3) is 5.30. The molecule has 10 nitrogen and oxygen atoms in total. The molecule has 5 aromatic rings. The number of carbonyl (C=O) groups excluding carboxylic acids is 2. The van der Waals surface area contributed by atoms with E-state index >= 15 is 0 Å². The minimum absolute atomic E-state index is 0.180. The molecule has 0 radical (unpaired) electrons. The highest BCUT2D eigenvalue weighted by Gasteiger charge is 2.25. The van der Waals surface area contributed by atoms with Gasteiger partial charge in [-0.15, -0.1) is 11.3 Å². The molecule has 0 fully saturated rings. The molecule has 0 saturated heterocycles. The molecule has 0 unspecified atom stereocenters. The van der Waals surface area contributed by atoms with Crippen molar-refractivity contribution >= 4 is 44.7 Å². The molecule has 0 bridgehead atoms. The Morgan fingerprint density at radius 3 is 2.59 bits per heavy atom. The molecule has 0 atom stereocenters. The number of carbonyl (C=O) groups is 2. The van der Waals surface area contributed by atoms with Crippen molar-refractivity contribution in [1.29, 1.82) is 0 Å². The summed E-state index contributed by atoms with van der Waals surface area (Å²) in [7, 11) is 1.53. The number of aromatic nitrogens is 3. The molecular weight excluding hydrogens is 540 g/mol. The molecule has 3 aromatic heterocycles. The van der Waals surface area contributed by atoms with Crippen molar-refractivity contribution in [3.05, 3.63) is 84.3 Å². The lowest BCUT2D eigenvalue weighted by Crippen LogP contribution is -2.11. The second-order valence-electron chi connectivity index (χ2n) is 9.12. The van der Waals surface area contributed by atoms with E-state index in [0.29, 0.717) is 44.0 Å². The Kier molecular flexibility index (Phi) is 7.36. The zero-order valence-electron chi connectivity index (χ0n) is 22.5. The van der Waals surface area contributed by atoms with Crippen LogP contribution in [0.3, 0.4) is 0 Å². The van der Waals surface area contributed by atoms with Gasteiger partial charge < -0.3 is 26.3 Å². The fourth-order valence-corrected chi connectivity index (χ4v) is 5.77. The Labute approximate surface area is 239 Å². The van der Waals surface area contributed by atoms with Gasteiger partial charge in [-0.25, -0.2) is 15.0 Å². The normalized spacial score (nSPS) is 10.8. The van der Waals surface area contributed by atoms with Crippen molar-refractivity contribution in [2.45, 2.75) is 13.8 Å². The lowest BCUT2D eigenvalue weighted by Gasteiger charge is -2.14. The number of hydrogen-bond acceptors (Lipinski definition) is 9. The number of anilines is 2. The fraction of sp³-hybridized carbons (Fsp3) is 0.100. The number of ether oxygens (including phenoxy) is 2. The first-order valence-corrected chi connectivity index (χ1v) is 13.2. The summed E-state index contributed by atoms with van der Waals surface area (Å²) in [6, 6.07) is 13.0. The second-order valence-corrected chi connectivity index (χ2v) is 10.1. The van der Waals surface area contributed by atoms with Gasteiger partial charge in [0.15, 0.2) is 11.5 Å². The highest BCUT2D eigenvalue weighted by atomic mass is 32.1. The standard InChI is InChI=1S/C30H26N6O4S/c1-5-23(37)36-20-12-15(2)6-8-18(20)26-24(25-27(41-26)19(29(32)38)14-34-28(25)31)17-7-9-21(22(13-17)39-4)40-30-33-11-10-16(3)35-30/h5-14H,1H2,2-4H3,(H2,31,34)(H2,32,38)(H,36,37). The smallest absolute Gasteiger partial charge is 0.322 e. The van der Waals surface area contributed by atoms with E-state index in [1.165, 1.54) is 30.7 Å². The zero-order chi connectivity index (χ0) is 29.3. The molecule has 5 rings (SSSR count). The van der Waals surface area contributed by atoms with Gasteiger partial charge in [0.05, 0.1) is 17.4 Å². The van der Waals surface area contributed by atoms with E-state index in [2.05, 4.69) is 26.8 Å². The fourth-order valence-electron chi connectivity index (χ4n) is 4.39. The van der Waals surface area contributed by atoms with Crippen LogP contribution < -0.4 is 26.3 Å². The molecule has 5 N–H and O–H groups in total. The highest BCUT2D eigenvalue weighted by Crippen LogP contribution is 2.50. The first-order valence-electron chi connectivity index (χ1n) is 12.4. The number of nitrogen functional groups attached to an aromatic ring is 1. The average Bonchev–Trinajstić information content (AvgIpc) is 3.34. The SMILES string of the molecule is C=CC(=O)Nc1cc(C)ccc1-c1sc2c(C(N)=O)cnc(N)c2c1-c1ccc(Oc2nccc(C)n2)c(OC)c1. The van der Waals surface area contributed by atoms with E-state index in [1.54, 1.807) is 24.4 Å². The number of nitrogens with two attached hydrogens (primary N) is 2. The number of fused-ring (bicyclic) bond motifs is 1. The molecule has 206 valence electrons. The van der Waals surface area contributed by atoms with Crippen molar-refractivity contribution in [2.75, 3.05) is 18.2 Å². The topological polar surface area (TPSA) is 155 Å². The van der Waals surface area contributed by atoms with E-state index in [-0.39, 0.29) is 23.3 Å². The van der Waals surface area contributed by atoms with Gasteiger partial charge in [-0.3, -0.25) is 9.59 Å². The maximum Gasteiger partial charge on any atom is 0.322 e. The molecule has 0 aliphatic heterocycles. The van der Waals surface area contributed by atoms with Crippen LogP contribution in [0.4, 0.5) is 11.5 Å². The summed E-state index contributed by atoms with van der Waals surface area (Å²) in [5.41, 5.74) is 16.7. The zero-order valence-corrected chi connectivity index (χ0v) is 23.3. The first kappa shape index (κ1) is 27.3. The molecule has 0 spiro atoms. The van der Waals surface area contributed by atoms with Gasteiger partial charge in [-0.1, -0.05) is 24.8 Å². The predicted octanol–water partition coefficient (Wildman–Crippen LogP) is 5.64. The Morgan fingerprint density at radius 2 is 1.88 bits per heavy atom. The van der Waals surface area contributed by atoms with E-state index in [1.807, 2.05) is 38.1 Å². The molecule has 3 heterocycles. The number of nitrogens with one attached hydrogen (secondary N) is 1. The van der Waals surface area contributed by atoms with Crippen molar-refractivity contribution in [3.63, 3.8) is 0 Å². The number of hydrogen-bond donors (Lipinski definition) is 3. The van der Waals surface area contributed by atoms with Crippen molar-refractivity contribution in [3.8, 4) is 39.1 Å². The number of primary amides is 1. The van der Waals surface area contributed by atoms with Gasteiger partial charge in [-0.05, 0) is 55.3 Å². The Bertz CT molecular complexity index is 1850. The van der Waals surface area contributed by atoms with Gasteiger partial charge in [0, 0.05) is 45.2 Å². The minimum Gasteiger partial charge on any atom is -0.493 e. The highest BCUT2D eigenvalue weighted by molar-refractivity contribution is 7.23. The van der Waals surface area contributed by atoms with Gasteiger partial charge >= 0.3 is 6.01 Å². The molecule has 41 heavy (non-hydrogen) atoms. The van der Waals surface area contributed by atoms with Crippen LogP contribution in [0.2, 0.25) is 0 Å². The number of nitrogens with zero attached hydrogens (tertiary/aromatic N) is 3. The largest absolute Gasteiger partial charge is 0.493 e. The molecule has 0 aliphatic carbocycles. The van der Waals surface area contributed by atoms with Crippen LogP contribution in [0, 0.1) is 13.8 Å². The van der Waals surface area contributed by atoms with Crippen LogP contribution in [0.1, 0.15) is 21.6 Å². The van der Waals surface area contributed by atoms with Gasteiger partial charge in [0.1, 0.15) is 5.82 Å². The summed E-state index contributed by atoms with van der Waals surface area (Å²) < 4.78 is 12.2. The van der Waals surface area contributed by atoms with Gasteiger partial charge in [0.2, 0.25) is 5.91 Å². The maximum atomic E-state index is 12.4. The number of rotatable bonds is 8. The Morgan fingerprint density at radius 1 is 1.07 bits per heavy atom. The van der Waals surface area contributed by atoms with Gasteiger partial charge in [-0.2, -0.15) is 0 Å². The molecule has 11 heteroatoms.